The van der Waals surface area contributed by atoms with Crippen LogP contribution in [0.1, 0.15) is 26.7 Å². The van der Waals surface area contributed by atoms with Crippen molar-refractivity contribution in [2.75, 3.05) is 13.6 Å². The maximum atomic E-state index is 7.26. The molecular weight excluding hydrogens is 200 g/mol. The van der Waals surface area contributed by atoms with E-state index in [1.807, 2.05) is 13.1 Å². The third kappa shape index (κ3) is 3.81. The van der Waals surface area contributed by atoms with E-state index < -0.39 is 0 Å². The molecule has 16 heavy (non-hydrogen) atoms. The normalized spacial score (nSPS) is 17.8. The van der Waals surface area contributed by atoms with E-state index in [2.05, 4.69) is 25.2 Å². The molecule has 2 N–H and O–H groups in total. The molecule has 0 bridgehead atoms. The SMILES string of the molecule is CNCC(C=N)OC1=CC=C(C(C)C)CC1. The number of hydrogen-bond acceptors (Lipinski definition) is 3. The predicted octanol–water partition coefficient (Wildman–Crippen LogP) is 2.50. The fourth-order valence-corrected chi connectivity index (χ4v) is 1.74. The Kier molecular flexibility index (Phi) is 5.26. The molecule has 1 aliphatic carbocycles. The molecular formula is C13H22N2O. The largest absolute Gasteiger partial charge is 0.488 e. The first-order valence-corrected chi connectivity index (χ1v) is 5.88. The summed E-state index contributed by atoms with van der Waals surface area (Å²) in [5.74, 6) is 1.61. The maximum absolute atomic E-state index is 7.26. The summed E-state index contributed by atoms with van der Waals surface area (Å²) in [7, 11) is 1.87. The monoisotopic (exact) mass is 222 g/mol. The van der Waals surface area contributed by atoms with E-state index in [0.717, 1.165) is 18.6 Å². The smallest absolute Gasteiger partial charge is 0.145 e. The van der Waals surface area contributed by atoms with Crippen molar-refractivity contribution in [3.63, 3.8) is 0 Å². The summed E-state index contributed by atoms with van der Waals surface area (Å²) in [4.78, 5) is 0. The van der Waals surface area contributed by atoms with Crippen LogP contribution in [0.2, 0.25) is 0 Å². The lowest BCUT2D eigenvalue weighted by molar-refractivity contribution is 0.162. The second-order valence-corrected chi connectivity index (χ2v) is 4.41. The van der Waals surface area contributed by atoms with Crippen LogP contribution in [0.4, 0.5) is 0 Å². The average molecular weight is 222 g/mol. The third-order valence-corrected chi connectivity index (χ3v) is 2.78. The molecule has 1 atom stereocenters. The minimum atomic E-state index is -0.148. The van der Waals surface area contributed by atoms with Gasteiger partial charge in [0.1, 0.15) is 6.10 Å². The second-order valence-electron chi connectivity index (χ2n) is 4.41. The van der Waals surface area contributed by atoms with Gasteiger partial charge in [-0.15, -0.1) is 0 Å². The zero-order valence-corrected chi connectivity index (χ0v) is 10.4. The van der Waals surface area contributed by atoms with E-state index in [-0.39, 0.29) is 6.10 Å². The molecule has 0 radical (unpaired) electrons. The Balaban J connectivity index is 2.53. The van der Waals surface area contributed by atoms with Gasteiger partial charge in [0.15, 0.2) is 0 Å². The molecule has 0 aromatic heterocycles. The van der Waals surface area contributed by atoms with E-state index >= 15 is 0 Å². The molecule has 90 valence electrons. The van der Waals surface area contributed by atoms with Crippen LogP contribution in [0.25, 0.3) is 0 Å². The van der Waals surface area contributed by atoms with Crippen molar-refractivity contribution in [2.24, 2.45) is 5.92 Å². The molecule has 0 fully saturated rings. The van der Waals surface area contributed by atoms with E-state index in [0.29, 0.717) is 12.5 Å². The molecule has 3 nitrogen and oxygen atoms in total. The Morgan fingerprint density at radius 2 is 2.19 bits per heavy atom. The summed E-state index contributed by atoms with van der Waals surface area (Å²) >= 11 is 0. The van der Waals surface area contributed by atoms with E-state index in [1.165, 1.54) is 11.8 Å². The first-order chi connectivity index (χ1) is 7.67. The van der Waals surface area contributed by atoms with Gasteiger partial charge in [-0.05, 0) is 25.5 Å². The first-order valence-electron chi connectivity index (χ1n) is 5.88. The lowest BCUT2D eigenvalue weighted by Gasteiger charge is -2.21. The third-order valence-electron chi connectivity index (χ3n) is 2.78. The Labute approximate surface area is 98.1 Å². The number of rotatable bonds is 6. The Morgan fingerprint density at radius 3 is 2.62 bits per heavy atom. The highest BCUT2D eigenvalue weighted by Crippen LogP contribution is 2.24. The molecule has 1 rings (SSSR count). The topological polar surface area (TPSA) is 45.1 Å². The van der Waals surface area contributed by atoms with Crippen LogP contribution in [0, 0.1) is 11.3 Å². The highest BCUT2D eigenvalue weighted by molar-refractivity contribution is 5.59. The summed E-state index contributed by atoms with van der Waals surface area (Å²) in [5.41, 5.74) is 1.48. The predicted molar refractivity (Wildman–Crippen MR) is 67.8 cm³/mol. The molecule has 3 heteroatoms. The zero-order chi connectivity index (χ0) is 12.0. The van der Waals surface area contributed by atoms with Gasteiger partial charge in [-0.3, -0.25) is 0 Å². The molecule has 0 aromatic rings. The first kappa shape index (κ1) is 13.0. The Bertz CT molecular complexity index is 292. The van der Waals surface area contributed by atoms with Gasteiger partial charge in [0.25, 0.3) is 0 Å². The highest BCUT2D eigenvalue weighted by Gasteiger charge is 2.13. The lowest BCUT2D eigenvalue weighted by Crippen LogP contribution is -2.27. The van der Waals surface area contributed by atoms with Crippen LogP contribution >= 0.6 is 0 Å². The van der Waals surface area contributed by atoms with Gasteiger partial charge in [-0.2, -0.15) is 0 Å². The van der Waals surface area contributed by atoms with Crippen LogP contribution in [-0.2, 0) is 4.74 Å². The van der Waals surface area contributed by atoms with Crippen LogP contribution in [-0.4, -0.2) is 25.9 Å². The van der Waals surface area contributed by atoms with Crippen molar-refractivity contribution in [1.82, 2.24) is 5.32 Å². The Morgan fingerprint density at radius 1 is 1.44 bits per heavy atom. The van der Waals surface area contributed by atoms with E-state index in [9.17, 15) is 0 Å². The molecule has 0 amide bonds. The summed E-state index contributed by atoms with van der Waals surface area (Å²) in [6.45, 7) is 5.11. The van der Waals surface area contributed by atoms with Gasteiger partial charge in [-0.25, -0.2) is 0 Å². The standard InChI is InChI=1S/C13H22N2O/c1-10(2)11-4-6-12(7-5-11)16-13(8-14)9-15-3/h4,6,8,10,13-15H,5,7,9H2,1-3H3. The average Bonchev–Trinajstić information content (AvgIpc) is 2.29. The van der Waals surface area contributed by atoms with Crippen LogP contribution in [0.5, 0.6) is 0 Å². The van der Waals surface area contributed by atoms with Crippen molar-refractivity contribution < 1.29 is 4.74 Å². The van der Waals surface area contributed by atoms with Gasteiger partial charge in [-0.1, -0.05) is 25.5 Å². The van der Waals surface area contributed by atoms with Crippen molar-refractivity contribution >= 4 is 6.21 Å². The highest BCUT2D eigenvalue weighted by atomic mass is 16.5. The van der Waals surface area contributed by atoms with Gasteiger partial charge >= 0.3 is 0 Å². The van der Waals surface area contributed by atoms with Crippen molar-refractivity contribution in [1.29, 1.82) is 5.41 Å². The van der Waals surface area contributed by atoms with Gasteiger partial charge in [0.05, 0.1) is 5.76 Å². The van der Waals surface area contributed by atoms with Crippen LogP contribution in [0.3, 0.4) is 0 Å². The fraction of sp³-hybridized carbons (Fsp3) is 0.615. The van der Waals surface area contributed by atoms with Gasteiger partial charge in [0, 0.05) is 19.2 Å². The molecule has 0 saturated carbocycles. The number of likely N-dealkylation sites (N-methyl/N-ethyl adjacent to an activating group) is 1. The summed E-state index contributed by atoms with van der Waals surface area (Å²) < 4.78 is 5.72. The van der Waals surface area contributed by atoms with Gasteiger partial charge in [0.2, 0.25) is 0 Å². The molecule has 0 aromatic carbocycles. The molecule has 0 saturated heterocycles. The van der Waals surface area contributed by atoms with E-state index in [1.54, 1.807) is 0 Å². The number of nitrogens with one attached hydrogen (secondary N) is 2. The van der Waals surface area contributed by atoms with Crippen molar-refractivity contribution in [2.45, 2.75) is 32.8 Å². The van der Waals surface area contributed by atoms with Crippen LogP contribution < -0.4 is 5.32 Å². The number of hydrogen-bond donors (Lipinski definition) is 2. The fourth-order valence-electron chi connectivity index (χ4n) is 1.74. The quantitative estimate of drug-likeness (QED) is 0.678. The van der Waals surface area contributed by atoms with Crippen molar-refractivity contribution in [3.05, 3.63) is 23.5 Å². The summed E-state index contributed by atoms with van der Waals surface area (Å²) in [6, 6.07) is 0. The maximum Gasteiger partial charge on any atom is 0.145 e. The minimum Gasteiger partial charge on any atom is -0.488 e. The zero-order valence-electron chi connectivity index (χ0n) is 10.4. The molecule has 1 aliphatic rings. The minimum absolute atomic E-state index is 0.148. The molecule has 0 spiro atoms. The Hall–Kier alpha value is -1.09. The lowest BCUT2D eigenvalue weighted by atomic mass is 9.94. The second kappa shape index (κ2) is 6.48. The van der Waals surface area contributed by atoms with Gasteiger partial charge < -0.3 is 15.5 Å². The number of allylic oxidation sites excluding steroid dienone is 4. The van der Waals surface area contributed by atoms with Crippen LogP contribution in [0.15, 0.2) is 23.5 Å². The van der Waals surface area contributed by atoms with E-state index in [4.69, 9.17) is 10.1 Å². The molecule has 0 aliphatic heterocycles. The van der Waals surface area contributed by atoms with Crippen molar-refractivity contribution in [3.8, 4) is 0 Å². The number of ether oxygens (including phenoxy) is 1. The summed E-state index contributed by atoms with van der Waals surface area (Å²) in [5, 5.41) is 10.3. The summed E-state index contributed by atoms with van der Waals surface area (Å²) in [6.07, 6.45) is 7.44. The molecule has 1 unspecified atom stereocenters. The molecule has 0 heterocycles.